The average molecular weight is 282 g/mol. The molecule has 0 aliphatic carbocycles. The topological polar surface area (TPSA) is 0 Å². The number of hydrogen-bond acceptors (Lipinski definition) is 0. The van der Waals surface area contributed by atoms with Gasteiger partial charge in [0, 0.05) is 0 Å². The number of rotatable bonds is 6. The predicted octanol–water partition coefficient (Wildman–Crippen LogP) is 6.12. The minimum absolute atomic E-state index is 0.263. The number of hydrogen-bond donors (Lipinski definition) is 0. The van der Waals surface area contributed by atoms with Crippen molar-refractivity contribution in [1.29, 1.82) is 0 Å². The Morgan fingerprint density at radius 2 is 0.950 bits per heavy atom. The molecule has 0 atom stereocenters. The van der Waals surface area contributed by atoms with Crippen LogP contribution in [0.4, 0.5) is 8.78 Å². The molecule has 0 nitrogen and oxygen atoms in total. The summed E-state index contributed by atoms with van der Waals surface area (Å²) < 4.78 is 29.1. The second-order valence-electron chi connectivity index (χ2n) is 6.35. The number of halogens is 2. The van der Waals surface area contributed by atoms with E-state index in [-0.39, 0.29) is 22.5 Å². The van der Waals surface area contributed by atoms with Gasteiger partial charge in [-0.3, -0.25) is 0 Å². The van der Waals surface area contributed by atoms with Crippen molar-refractivity contribution in [2.45, 2.75) is 78.1 Å². The van der Waals surface area contributed by atoms with E-state index in [1.165, 1.54) is 12.1 Å². The Kier molecular flexibility index (Phi) is 5.34. The van der Waals surface area contributed by atoms with Crippen LogP contribution in [0, 0.1) is 11.6 Å². The van der Waals surface area contributed by atoms with Crippen LogP contribution in [0.15, 0.2) is 12.1 Å². The maximum absolute atomic E-state index is 14.5. The first-order valence-corrected chi connectivity index (χ1v) is 7.78. The summed E-state index contributed by atoms with van der Waals surface area (Å²) in [5, 5.41) is 0. The van der Waals surface area contributed by atoms with Gasteiger partial charge in [0.2, 0.25) is 0 Å². The van der Waals surface area contributed by atoms with E-state index < -0.39 is 0 Å². The molecule has 0 radical (unpaired) electrons. The summed E-state index contributed by atoms with van der Waals surface area (Å²) >= 11 is 0. The zero-order chi connectivity index (χ0) is 15.6. The van der Waals surface area contributed by atoms with E-state index in [1.807, 2.05) is 41.5 Å². The molecule has 0 N–H and O–H groups in total. The molecule has 0 unspecified atom stereocenters. The summed E-state index contributed by atoms with van der Waals surface area (Å²) in [6.45, 7) is 12.1. The summed E-state index contributed by atoms with van der Waals surface area (Å²) in [4.78, 5) is 0. The van der Waals surface area contributed by atoms with Gasteiger partial charge >= 0.3 is 0 Å². The fourth-order valence-electron chi connectivity index (χ4n) is 2.73. The van der Waals surface area contributed by atoms with Crippen molar-refractivity contribution in [1.82, 2.24) is 0 Å². The van der Waals surface area contributed by atoms with Gasteiger partial charge in [0.15, 0.2) is 0 Å². The first kappa shape index (κ1) is 17.1. The van der Waals surface area contributed by atoms with Crippen molar-refractivity contribution in [3.8, 4) is 0 Å². The lowest BCUT2D eigenvalue weighted by molar-refractivity contribution is 0.391. The van der Waals surface area contributed by atoms with E-state index in [9.17, 15) is 8.78 Å². The SMILES string of the molecule is CCC(C)(CC)c1cc(F)c(C(C)(CC)CC)cc1F. The minimum Gasteiger partial charge on any atom is -0.207 e. The normalized spacial score (nSPS) is 12.8. The molecule has 0 saturated carbocycles. The molecule has 1 rings (SSSR count). The third-order valence-corrected chi connectivity index (χ3v) is 5.48. The molecular weight excluding hydrogens is 254 g/mol. The Balaban J connectivity index is 3.43. The van der Waals surface area contributed by atoms with E-state index in [2.05, 4.69) is 0 Å². The van der Waals surface area contributed by atoms with Gasteiger partial charge in [-0.25, -0.2) is 8.78 Å². The summed E-state index contributed by atoms with van der Waals surface area (Å²) in [5.74, 6) is -0.526. The fraction of sp³-hybridized carbons (Fsp3) is 0.667. The molecule has 1 aromatic rings. The Bertz CT molecular complexity index is 411. The molecule has 0 aliphatic heterocycles. The van der Waals surface area contributed by atoms with Crippen molar-refractivity contribution >= 4 is 0 Å². The third kappa shape index (κ3) is 2.89. The molecular formula is C18H28F2. The fourth-order valence-corrected chi connectivity index (χ4v) is 2.73. The van der Waals surface area contributed by atoms with Crippen molar-refractivity contribution in [2.24, 2.45) is 0 Å². The quantitative estimate of drug-likeness (QED) is 0.589. The van der Waals surface area contributed by atoms with Crippen LogP contribution in [0.1, 0.15) is 78.4 Å². The van der Waals surface area contributed by atoms with Crippen molar-refractivity contribution in [3.63, 3.8) is 0 Å². The van der Waals surface area contributed by atoms with Gasteiger partial charge in [-0.05, 0) is 59.8 Å². The Morgan fingerprint density at radius 3 is 1.15 bits per heavy atom. The molecule has 2 heteroatoms. The first-order valence-electron chi connectivity index (χ1n) is 7.78. The summed E-state index contributed by atoms with van der Waals surface area (Å²) in [7, 11) is 0. The first-order chi connectivity index (χ1) is 9.27. The van der Waals surface area contributed by atoms with Gasteiger partial charge < -0.3 is 0 Å². The summed E-state index contributed by atoms with van der Waals surface area (Å²) in [6, 6.07) is 2.86. The second kappa shape index (κ2) is 6.24. The Morgan fingerprint density at radius 1 is 0.700 bits per heavy atom. The summed E-state index contributed by atoms with van der Waals surface area (Å²) in [6.07, 6.45) is 3.21. The van der Waals surface area contributed by atoms with Gasteiger partial charge in [0.05, 0.1) is 0 Å². The van der Waals surface area contributed by atoms with Gasteiger partial charge in [0.1, 0.15) is 11.6 Å². The zero-order valence-electron chi connectivity index (χ0n) is 13.7. The van der Waals surface area contributed by atoms with Crippen LogP contribution in [0.2, 0.25) is 0 Å². The molecule has 0 aliphatic rings. The molecule has 0 aromatic heterocycles. The lowest BCUT2D eigenvalue weighted by Crippen LogP contribution is -2.25. The highest BCUT2D eigenvalue weighted by atomic mass is 19.1. The largest absolute Gasteiger partial charge is 0.207 e. The van der Waals surface area contributed by atoms with E-state index in [0.29, 0.717) is 11.1 Å². The maximum atomic E-state index is 14.5. The smallest absolute Gasteiger partial charge is 0.127 e. The standard InChI is InChI=1S/C18H28F2/c1-7-17(5,8-2)13-11-16(20)14(12-15(13)19)18(6,9-3)10-4/h11-12H,7-10H2,1-6H3. The molecule has 114 valence electrons. The van der Waals surface area contributed by atoms with Crippen molar-refractivity contribution in [2.75, 3.05) is 0 Å². The van der Waals surface area contributed by atoms with Gasteiger partial charge in [-0.2, -0.15) is 0 Å². The van der Waals surface area contributed by atoms with Crippen LogP contribution < -0.4 is 0 Å². The summed E-state index contributed by atoms with van der Waals surface area (Å²) in [5.41, 5.74) is 0.438. The second-order valence-corrected chi connectivity index (χ2v) is 6.35. The van der Waals surface area contributed by atoms with Gasteiger partial charge in [0.25, 0.3) is 0 Å². The van der Waals surface area contributed by atoms with E-state index in [1.54, 1.807) is 0 Å². The zero-order valence-corrected chi connectivity index (χ0v) is 13.7. The van der Waals surface area contributed by atoms with Crippen LogP contribution in [-0.4, -0.2) is 0 Å². The number of benzene rings is 1. The highest BCUT2D eigenvalue weighted by Crippen LogP contribution is 2.38. The molecule has 20 heavy (non-hydrogen) atoms. The highest BCUT2D eigenvalue weighted by molar-refractivity contribution is 5.35. The third-order valence-electron chi connectivity index (χ3n) is 5.48. The molecule has 0 amide bonds. The maximum Gasteiger partial charge on any atom is 0.127 e. The molecule has 0 bridgehead atoms. The molecule has 0 saturated heterocycles. The van der Waals surface area contributed by atoms with E-state index in [0.717, 1.165) is 25.7 Å². The lowest BCUT2D eigenvalue weighted by Gasteiger charge is -2.31. The monoisotopic (exact) mass is 282 g/mol. The van der Waals surface area contributed by atoms with Crippen LogP contribution in [0.25, 0.3) is 0 Å². The van der Waals surface area contributed by atoms with Crippen LogP contribution in [-0.2, 0) is 10.8 Å². The molecule has 1 aromatic carbocycles. The van der Waals surface area contributed by atoms with E-state index >= 15 is 0 Å². The van der Waals surface area contributed by atoms with Crippen LogP contribution in [0.5, 0.6) is 0 Å². The minimum atomic E-state index is -0.293. The highest BCUT2D eigenvalue weighted by Gasteiger charge is 2.31. The lowest BCUT2D eigenvalue weighted by atomic mass is 9.73. The van der Waals surface area contributed by atoms with Crippen LogP contribution in [0.3, 0.4) is 0 Å². The average Bonchev–Trinajstić information content (AvgIpc) is 2.47. The van der Waals surface area contributed by atoms with Crippen molar-refractivity contribution in [3.05, 3.63) is 34.9 Å². The molecule has 0 spiro atoms. The Labute approximate surface area is 122 Å². The van der Waals surface area contributed by atoms with Gasteiger partial charge in [-0.15, -0.1) is 0 Å². The predicted molar refractivity (Wildman–Crippen MR) is 82.2 cm³/mol. The Hall–Kier alpha value is -0.920. The van der Waals surface area contributed by atoms with Crippen molar-refractivity contribution < 1.29 is 8.78 Å². The molecule has 0 heterocycles. The van der Waals surface area contributed by atoms with E-state index in [4.69, 9.17) is 0 Å². The van der Waals surface area contributed by atoms with Crippen LogP contribution >= 0.6 is 0 Å². The van der Waals surface area contributed by atoms with Gasteiger partial charge in [-0.1, -0.05) is 41.5 Å². The molecule has 0 fully saturated rings.